The van der Waals surface area contributed by atoms with Gasteiger partial charge in [-0.2, -0.15) is 26.6 Å². The summed E-state index contributed by atoms with van der Waals surface area (Å²) in [5.74, 6) is -0.613. The zero-order chi connectivity index (χ0) is 32.2. The van der Waals surface area contributed by atoms with E-state index in [1.54, 1.807) is 18.2 Å². The van der Waals surface area contributed by atoms with E-state index in [2.05, 4.69) is 20.3 Å². The second kappa shape index (κ2) is 12.8. The van der Waals surface area contributed by atoms with Gasteiger partial charge in [0.25, 0.3) is 10.1 Å². The minimum atomic E-state index is -4.65. The summed E-state index contributed by atoms with van der Waals surface area (Å²) in [6.07, 6.45) is -1.33. The molecule has 2 N–H and O–H groups in total. The van der Waals surface area contributed by atoms with Gasteiger partial charge in [-0.3, -0.25) is 14.7 Å². The monoisotopic (exact) mass is 650 g/mol. The van der Waals surface area contributed by atoms with Gasteiger partial charge in [0.05, 0.1) is 15.5 Å². The molecule has 0 aliphatic heterocycles. The molecule has 0 saturated heterocycles. The zero-order valence-corrected chi connectivity index (χ0v) is 24.4. The van der Waals surface area contributed by atoms with Crippen molar-refractivity contribution in [2.75, 3.05) is 11.9 Å². The Hall–Kier alpha value is -4.80. The molecule has 230 valence electrons. The average molecular weight is 651 g/mol. The Morgan fingerprint density at radius 3 is 2.43 bits per heavy atom. The minimum Gasteiger partial charge on any atom is -0.466 e. The lowest BCUT2D eigenvalue weighted by Crippen LogP contribution is -2.20. The van der Waals surface area contributed by atoms with Crippen LogP contribution >= 0.6 is 11.6 Å². The summed E-state index contributed by atoms with van der Waals surface area (Å²) in [4.78, 5) is 22.4. The van der Waals surface area contributed by atoms with Gasteiger partial charge in [-0.05, 0) is 31.2 Å². The van der Waals surface area contributed by atoms with Crippen molar-refractivity contribution in [3.63, 3.8) is 0 Å². The number of anilines is 2. The number of hydrogen-bond acceptors (Lipinski definition) is 9. The SMILES string of the molecule is Cc1ccc(S(=O)(=O)O)cc1.Cn1cc(-c2ccnc(Nc3cc([N+](=O)[O-])c(Cl)nc3OCC(F)(F)F)n2)c2ccccc21. The van der Waals surface area contributed by atoms with E-state index in [1.807, 2.05) is 49.0 Å². The van der Waals surface area contributed by atoms with Crippen LogP contribution in [0.3, 0.4) is 0 Å². The van der Waals surface area contributed by atoms with Crippen LogP contribution in [0.5, 0.6) is 5.88 Å². The molecule has 3 heterocycles. The highest BCUT2D eigenvalue weighted by atomic mass is 35.5. The van der Waals surface area contributed by atoms with Gasteiger partial charge in [0.1, 0.15) is 5.69 Å². The Bertz CT molecular complexity index is 1940. The molecular formula is C27H22ClF3N6O6S. The number of rotatable bonds is 7. The predicted octanol–water partition coefficient (Wildman–Crippen LogP) is 6.52. The largest absolute Gasteiger partial charge is 0.466 e. The highest BCUT2D eigenvalue weighted by Gasteiger charge is 2.30. The molecule has 0 unspecified atom stereocenters. The van der Waals surface area contributed by atoms with Crippen LogP contribution in [-0.2, 0) is 17.2 Å². The molecule has 0 spiro atoms. The number of pyridine rings is 1. The molecule has 17 heteroatoms. The topological polar surface area (TPSA) is 162 Å². The summed E-state index contributed by atoms with van der Waals surface area (Å²) in [6, 6.07) is 16.2. The third kappa shape index (κ3) is 7.97. The number of hydrogen-bond donors (Lipinski definition) is 2. The number of aromatic nitrogens is 4. The molecular weight excluding hydrogens is 629 g/mol. The fourth-order valence-corrected chi connectivity index (χ4v) is 4.57. The normalized spacial score (nSPS) is 11.5. The summed E-state index contributed by atoms with van der Waals surface area (Å²) in [5.41, 5.74) is 2.39. The van der Waals surface area contributed by atoms with Gasteiger partial charge in [0.2, 0.25) is 17.0 Å². The summed E-state index contributed by atoms with van der Waals surface area (Å²) >= 11 is 5.74. The van der Waals surface area contributed by atoms with Gasteiger partial charge in [-0.15, -0.1) is 0 Å². The summed E-state index contributed by atoms with van der Waals surface area (Å²) < 4.78 is 74.1. The predicted molar refractivity (Wildman–Crippen MR) is 156 cm³/mol. The van der Waals surface area contributed by atoms with Crippen LogP contribution in [0, 0.1) is 17.0 Å². The Kier molecular flexibility index (Phi) is 9.36. The number of halogens is 4. The number of ether oxygens (including phenoxy) is 1. The van der Waals surface area contributed by atoms with E-state index in [-0.39, 0.29) is 16.5 Å². The van der Waals surface area contributed by atoms with Crippen molar-refractivity contribution in [3.05, 3.63) is 93.9 Å². The van der Waals surface area contributed by atoms with Gasteiger partial charge in [0, 0.05) is 42.0 Å². The van der Waals surface area contributed by atoms with E-state index in [0.29, 0.717) is 5.69 Å². The first-order valence-corrected chi connectivity index (χ1v) is 14.2. The van der Waals surface area contributed by atoms with Crippen molar-refractivity contribution in [1.29, 1.82) is 0 Å². The maximum Gasteiger partial charge on any atom is 0.422 e. The van der Waals surface area contributed by atoms with E-state index < -0.39 is 44.5 Å². The smallest absolute Gasteiger partial charge is 0.422 e. The fourth-order valence-electron chi connectivity index (χ4n) is 3.89. The molecule has 12 nitrogen and oxygen atoms in total. The van der Waals surface area contributed by atoms with Crippen LogP contribution in [0.4, 0.5) is 30.5 Å². The minimum absolute atomic E-state index is 0.0317. The van der Waals surface area contributed by atoms with Gasteiger partial charge >= 0.3 is 11.9 Å². The molecule has 0 aliphatic rings. The second-order valence-corrected chi connectivity index (χ2v) is 10.9. The number of alkyl halides is 3. The summed E-state index contributed by atoms with van der Waals surface area (Å²) in [6.45, 7) is 0.174. The van der Waals surface area contributed by atoms with Gasteiger partial charge < -0.3 is 14.6 Å². The molecule has 0 amide bonds. The number of fused-ring (bicyclic) bond motifs is 1. The van der Waals surface area contributed by atoms with E-state index in [4.69, 9.17) is 20.9 Å². The number of benzene rings is 2. The number of para-hydroxylation sites is 1. The molecule has 0 aliphatic carbocycles. The van der Waals surface area contributed by atoms with Crippen LogP contribution in [0.1, 0.15) is 5.56 Å². The van der Waals surface area contributed by atoms with E-state index in [1.165, 1.54) is 18.3 Å². The van der Waals surface area contributed by atoms with E-state index in [0.717, 1.165) is 28.1 Å². The first-order chi connectivity index (χ1) is 20.6. The van der Waals surface area contributed by atoms with Crippen molar-refractivity contribution in [3.8, 4) is 17.1 Å². The highest BCUT2D eigenvalue weighted by molar-refractivity contribution is 7.85. The third-order valence-corrected chi connectivity index (χ3v) is 7.03. The maximum absolute atomic E-state index is 12.6. The van der Waals surface area contributed by atoms with Crippen LogP contribution in [0.15, 0.2) is 78.0 Å². The van der Waals surface area contributed by atoms with Crippen LogP contribution < -0.4 is 10.1 Å². The Balaban J connectivity index is 0.000000339. The molecule has 3 aromatic heterocycles. The standard InChI is InChI=1S/C20H14ClF3N6O3.C7H8O3S/c1-29-9-12(11-4-2-3-5-15(11)29)13-6-7-25-19(26-13)27-14-8-16(30(31)32)17(21)28-18(14)33-10-20(22,23)24;1-6-2-4-7(5-3-6)11(8,9)10/h2-9H,10H2,1H3,(H,25,26,27);2-5H,1H3,(H,8,9,10). The maximum atomic E-state index is 12.6. The van der Waals surface area contributed by atoms with Gasteiger partial charge in [-0.1, -0.05) is 47.5 Å². The number of aryl methyl sites for hydroxylation is 2. The molecule has 2 aromatic carbocycles. The number of nitrogens with zero attached hydrogens (tertiary/aromatic N) is 5. The van der Waals surface area contributed by atoms with E-state index >= 15 is 0 Å². The van der Waals surface area contributed by atoms with Crippen LogP contribution in [0.2, 0.25) is 5.15 Å². The Morgan fingerprint density at radius 1 is 1.11 bits per heavy atom. The number of nitrogens with one attached hydrogen (secondary N) is 1. The van der Waals surface area contributed by atoms with Gasteiger partial charge in [0.15, 0.2) is 6.61 Å². The molecule has 0 saturated carbocycles. The quantitative estimate of drug-likeness (QED) is 0.0858. The second-order valence-electron chi connectivity index (χ2n) is 9.16. The third-order valence-electron chi connectivity index (χ3n) is 5.89. The lowest BCUT2D eigenvalue weighted by Gasteiger charge is -2.13. The lowest BCUT2D eigenvalue weighted by atomic mass is 10.1. The lowest BCUT2D eigenvalue weighted by molar-refractivity contribution is -0.385. The zero-order valence-electron chi connectivity index (χ0n) is 22.8. The van der Waals surface area contributed by atoms with Crippen molar-refractivity contribution in [2.45, 2.75) is 18.0 Å². The average Bonchev–Trinajstić information content (AvgIpc) is 3.29. The molecule has 0 bridgehead atoms. The first kappa shape index (κ1) is 32.1. The molecule has 0 atom stereocenters. The Labute approximate surface area is 253 Å². The molecule has 0 fully saturated rings. The van der Waals surface area contributed by atoms with Crippen molar-refractivity contribution >= 4 is 49.9 Å². The first-order valence-electron chi connectivity index (χ1n) is 12.4. The molecule has 5 aromatic rings. The van der Waals surface area contributed by atoms with Crippen LogP contribution in [-0.4, -0.2) is 50.2 Å². The highest BCUT2D eigenvalue weighted by Crippen LogP contribution is 2.35. The fraction of sp³-hybridized carbons (Fsp3) is 0.148. The molecule has 0 radical (unpaired) electrons. The van der Waals surface area contributed by atoms with E-state index in [9.17, 15) is 31.7 Å². The summed E-state index contributed by atoms with van der Waals surface area (Å²) in [7, 11) is -2.14. The van der Waals surface area contributed by atoms with Crippen molar-refractivity contribution in [1.82, 2.24) is 19.5 Å². The van der Waals surface area contributed by atoms with Crippen molar-refractivity contribution < 1.29 is 35.8 Å². The molecule has 44 heavy (non-hydrogen) atoms. The van der Waals surface area contributed by atoms with Crippen molar-refractivity contribution in [2.24, 2.45) is 7.05 Å². The molecule has 5 rings (SSSR count). The van der Waals surface area contributed by atoms with Crippen LogP contribution in [0.25, 0.3) is 22.2 Å². The van der Waals surface area contributed by atoms with Gasteiger partial charge in [-0.25, -0.2) is 9.97 Å². The Morgan fingerprint density at radius 2 is 1.80 bits per heavy atom. The number of nitro groups is 1. The summed E-state index contributed by atoms with van der Waals surface area (Å²) in [5, 5.41) is 14.2.